The summed E-state index contributed by atoms with van der Waals surface area (Å²) in [6.07, 6.45) is 5.88. The van der Waals surface area contributed by atoms with Gasteiger partial charge in [-0.05, 0) is 18.8 Å². The van der Waals surface area contributed by atoms with Crippen molar-refractivity contribution >= 4 is 10.0 Å². The van der Waals surface area contributed by atoms with Crippen LogP contribution in [-0.2, 0) is 10.0 Å². The Balaban J connectivity index is 2.56. The number of rotatable bonds is 3. The van der Waals surface area contributed by atoms with Crippen LogP contribution in [-0.4, -0.2) is 18.0 Å². The lowest BCUT2D eigenvalue weighted by molar-refractivity contribution is 0.224. The lowest BCUT2D eigenvalue weighted by Crippen LogP contribution is -2.39. The molecule has 2 atom stereocenters. The molecule has 0 saturated heterocycles. The Kier molecular flexibility index (Phi) is 4.14. The van der Waals surface area contributed by atoms with Crippen molar-refractivity contribution in [1.29, 1.82) is 0 Å². The predicted octanol–water partition coefficient (Wildman–Crippen LogP) is 0.325. The second kappa shape index (κ2) is 5.53. The molecular weight excluding hydrogens is 282 g/mol. The summed E-state index contributed by atoms with van der Waals surface area (Å²) in [7, 11) is -4.14. The van der Waals surface area contributed by atoms with E-state index in [4.69, 9.17) is 5.14 Å². The Labute approximate surface area is 116 Å². The van der Waals surface area contributed by atoms with Crippen LogP contribution in [0, 0.1) is 5.92 Å². The van der Waals surface area contributed by atoms with Gasteiger partial charge in [-0.3, -0.25) is 14.3 Å². The third kappa shape index (κ3) is 2.85. The number of nitrogens with one attached hydrogen (secondary N) is 1. The topological polar surface area (TPSA) is 115 Å². The summed E-state index contributed by atoms with van der Waals surface area (Å²) in [5.41, 5.74) is -1.54. The molecule has 0 amide bonds. The van der Waals surface area contributed by atoms with Crippen molar-refractivity contribution in [3.8, 4) is 0 Å². The molecule has 112 valence electrons. The summed E-state index contributed by atoms with van der Waals surface area (Å²) in [6, 6.07) is -0.0846. The summed E-state index contributed by atoms with van der Waals surface area (Å²) in [5.74, 6) is 0.306. The van der Waals surface area contributed by atoms with E-state index in [1.807, 2.05) is 11.9 Å². The van der Waals surface area contributed by atoms with E-state index in [-0.39, 0.29) is 6.04 Å². The van der Waals surface area contributed by atoms with Gasteiger partial charge in [-0.15, -0.1) is 0 Å². The molecule has 0 radical (unpaired) electrons. The molecule has 1 aliphatic rings. The number of nitrogens with two attached hydrogens (primary N) is 1. The quantitative estimate of drug-likeness (QED) is 0.836. The van der Waals surface area contributed by atoms with Gasteiger partial charge in [0.1, 0.15) is 0 Å². The highest BCUT2D eigenvalue weighted by Crippen LogP contribution is 2.34. The fraction of sp³-hybridized carbons (Fsp3) is 0.667. The average Bonchev–Trinajstić information content (AvgIpc) is 2.37. The van der Waals surface area contributed by atoms with Crippen LogP contribution in [0.15, 0.2) is 20.7 Å². The molecule has 0 bridgehead atoms. The molecule has 1 aromatic rings. The van der Waals surface area contributed by atoms with Gasteiger partial charge >= 0.3 is 5.69 Å². The third-order valence-corrected chi connectivity index (χ3v) is 4.90. The molecular formula is C12H19N3O4S. The molecule has 1 fully saturated rings. The van der Waals surface area contributed by atoms with E-state index in [1.54, 1.807) is 0 Å². The summed E-state index contributed by atoms with van der Waals surface area (Å²) in [4.78, 5) is 25.0. The fourth-order valence-electron chi connectivity index (χ4n) is 2.95. The Morgan fingerprint density at radius 2 is 2.00 bits per heavy atom. The van der Waals surface area contributed by atoms with Crippen molar-refractivity contribution in [3.63, 3.8) is 0 Å². The van der Waals surface area contributed by atoms with Crippen LogP contribution in [0.2, 0.25) is 0 Å². The first-order valence-electron chi connectivity index (χ1n) is 6.73. The second-order valence-corrected chi connectivity index (χ2v) is 6.75. The van der Waals surface area contributed by atoms with Gasteiger partial charge in [-0.25, -0.2) is 18.4 Å². The Morgan fingerprint density at radius 1 is 1.35 bits per heavy atom. The first-order chi connectivity index (χ1) is 9.34. The number of hydrogen-bond donors (Lipinski definition) is 2. The third-order valence-electron chi connectivity index (χ3n) is 3.99. The van der Waals surface area contributed by atoms with Crippen LogP contribution in [0.4, 0.5) is 0 Å². The SMILES string of the molecule is CCC1CCCCC1n1cc(S(N)(=O)=O)c(=O)[nH]c1=O. The van der Waals surface area contributed by atoms with E-state index in [2.05, 4.69) is 0 Å². The summed E-state index contributed by atoms with van der Waals surface area (Å²) in [6.45, 7) is 2.04. The van der Waals surface area contributed by atoms with Crippen molar-refractivity contribution in [2.45, 2.75) is 50.0 Å². The van der Waals surface area contributed by atoms with Gasteiger partial charge in [-0.2, -0.15) is 0 Å². The Bertz CT molecular complexity index is 704. The number of aromatic amines is 1. The highest BCUT2D eigenvalue weighted by molar-refractivity contribution is 7.89. The molecule has 1 aromatic heterocycles. The lowest BCUT2D eigenvalue weighted by atomic mass is 9.83. The Morgan fingerprint density at radius 3 is 2.60 bits per heavy atom. The van der Waals surface area contributed by atoms with Crippen molar-refractivity contribution < 1.29 is 8.42 Å². The monoisotopic (exact) mass is 301 g/mol. The molecule has 7 nitrogen and oxygen atoms in total. The van der Waals surface area contributed by atoms with E-state index >= 15 is 0 Å². The van der Waals surface area contributed by atoms with E-state index in [9.17, 15) is 18.0 Å². The zero-order chi connectivity index (χ0) is 14.9. The second-order valence-electron chi connectivity index (χ2n) is 5.23. The number of sulfonamides is 1. The van der Waals surface area contributed by atoms with E-state index in [1.165, 1.54) is 4.57 Å². The predicted molar refractivity (Wildman–Crippen MR) is 74.0 cm³/mol. The standard InChI is InChI=1S/C12H19N3O4S/c1-2-8-5-3-4-6-9(8)15-7-10(20(13,18)19)11(16)14-12(15)17/h7-9H,2-6H2,1H3,(H2,13,18,19)(H,14,16,17). The van der Waals surface area contributed by atoms with Gasteiger partial charge in [0.15, 0.2) is 4.90 Å². The average molecular weight is 301 g/mol. The number of H-pyrrole nitrogens is 1. The van der Waals surface area contributed by atoms with Gasteiger partial charge in [0.25, 0.3) is 5.56 Å². The van der Waals surface area contributed by atoms with Crippen molar-refractivity contribution in [2.24, 2.45) is 11.1 Å². The summed E-state index contributed by atoms with van der Waals surface area (Å²) in [5, 5.41) is 5.01. The highest BCUT2D eigenvalue weighted by Gasteiger charge is 2.27. The molecule has 1 heterocycles. The smallest absolute Gasteiger partial charge is 0.296 e. The van der Waals surface area contributed by atoms with Gasteiger partial charge in [0, 0.05) is 12.2 Å². The maximum atomic E-state index is 12.0. The number of hydrogen-bond acceptors (Lipinski definition) is 4. The molecule has 1 saturated carbocycles. The highest BCUT2D eigenvalue weighted by atomic mass is 32.2. The molecule has 0 aliphatic heterocycles. The number of nitrogens with zero attached hydrogens (tertiary/aromatic N) is 1. The minimum absolute atomic E-state index is 0.0846. The molecule has 1 aliphatic carbocycles. The molecule has 20 heavy (non-hydrogen) atoms. The minimum atomic E-state index is -4.14. The molecule has 2 unspecified atom stereocenters. The maximum Gasteiger partial charge on any atom is 0.328 e. The van der Waals surface area contributed by atoms with Crippen LogP contribution in [0.1, 0.15) is 45.1 Å². The fourth-order valence-corrected chi connectivity index (χ4v) is 3.52. The normalized spacial score (nSPS) is 23.7. The van der Waals surface area contributed by atoms with Gasteiger partial charge in [0.2, 0.25) is 10.0 Å². The molecule has 0 spiro atoms. The largest absolute Gasteiger partial charge is 0.328 e. The Hall–Kier alpha value is -1.41. The zero-order valence-electron chi connectivity index (χ0n) is 11.3. The van der Waals surface area contributed by atoms with Gasteiger partial charge in [0.05, 0.1) is 0 Å². The van der Waals surface area contributed by atoms with Crippen LogP contribution in [0.25, 0.3) is 0 Å². The van der Waals surface area contributed by atoms with Crippen LogP contribution >= 0.6 is 0 Å². The summed E-state index contributed by atoms with van der Waals surface area (Å²) < 4.78 is 24.1. The summed E-state index contributed by atoms with van der Waals surface area (Å²) >= 11 is 0. The lowest BCUT2D eigenvalue weighted by Gasteiger charge is -2.32. The maximum absolute atomic E-state index is 12.0. The molecule has 2 rings (SSSR count). The van der Waals surface area contributed by atoms with Crippen LogP contribution in [0.5, 0.6) is 0 Å². The zero-order valence-corrected chi connectivity index (χ0v) is 12.1. The number of primary sulfonamides is 1. The van der Waals surface area contributed by atoms with Crippen molar-refractivity contribution in [2.75, 3.05) is 0 Å². The van der Waals surface area contributed by atoms with Crippen LogP contribution < -0.4 is 16.4 Å². The first-order valence-corrected chi connectivity index (χ1v) is 8.27. The van der Waals surface area contributed by atoms with Gasteiger partial charge < -0.3 is 0 Å². The van der Waals surface area contributed by atoms with E-state index in [0.29, 0.717) is 5.92 Å². The van der Waals surface area contributed by atoms with Crippen molar-refractivity contribution in [3.05, 3.63) is 27.0 Å². The van der Waals surface area contributed by atoms with Crippen molar-refractivity contribution in [1.82, 2.24) is 9.55 Å². The van der Waals surface area contributed by atoms with E-state index < -0.39 is 26.2 Å². The van der Waals surface area contributed by atoms with Crippen LogP contribution in [0.3, 0.4) is 0 Å². The molecule has 3 N–H and O–H groups in total. The first kappa shape index (κ1) is 15.0. The van der Waals surface area contributed by atoms with Gasteiger partial charge in [-0.1, -0.05) is 26.2 Å². The molecule has 0 aromatic carbocycles. The molecule has 8 heteroatoms. The minimum Gasteiger partial charge on any atom is -0.296 e. The number of aromatic nitrogens is 2. The van der Waals surface area contributed by atoms with E-state index in [0.717, 1.165) is 38.3 Å².